The molecule has 0 amide bonds. The van der Waals surface area contributed by atoms with Gasteiger partial charge in [0.25, 0.3) is 0 Å². The highest BCUT2D eigenvalue weighted by atomic mass is 35.5. The lowest BCUT2D eigenvalue weighted by Gasteiger charge is -2.15. The third-order valence-corrected chi connectivity index (χ3v) is 4.70. The fourth-order valence-electron chi connectivity index (χ4n) is 2.85. The second kappa shape index (κ2) is 11.5. The van der Waals surface area contributed by atoms with Crippen LogP contribution >= 0.6 is 11.6 Å². The number of hydrogen-bond donors (Lipinski definition) is 0. The number of alkyl halides is 1. The largest absolute Gasteiger partial charge is 0.493 e. The van der Waals surface area contributed by atoms with Gasteiger partial charge in [0.2, 0.25) is 0 Å². The van der Waals surface area contributed by atoms with Crippen LogP contribution in [0.15, 0.2) is 67.0 Å². The number of ether oxygens (including phenoxy) is 1. The lowest BCUT2D eigenvalue weighted by molar-refractivity contribution is 0.315. The number of halogens is 1. The van der Waals surface area contributed by atoms with Gasteiger partial charge in [0.05, 0.1) is 6.61 Å². The fourth-order valence-corrected chi connectivity index (χ4v) is 2.96. The van der Waals surface area contributed by atoms with Crippen molar-refractivity contribution in [2.45, 2.75) is 40.0 Å². The molecule has 27 heavy (non-hydrogen) atoms. The van der Waals surface area contributed by atoms with Crippen LogP contribution in [-0.2, 0) is 12.8 Å². The molecule has 0 fully saturated rings. The van der Waals surface area contributed by atoms with Gasteiger partial charge in [-0.3, -0.25) is 0 Å². The lowest BCUT2D eigenvalue weighted by atomic mass is 10.1. The summed E-state index contributed by atoms with van der Waals surface area (Å²) in [5.41, 5.74) is 5.08. The van der Waals surface area contributed by atoms with E-state index in [1.165, 1.54) is 22.4 Å². The van der Waals surface area contributed by atoms with Crippen molar-refractivity contribution in [3.63, 3.8) is 0 Å². The fraction of sp³-hybridized carbons (Fsp3) is 0.333. The van der Waals surface area contributed by atoms with Crippen LogP contribution in [0.25, 0.3) is 5.69 Å². The van der Waals surface area contributed by atoms with E-state index in [9.17, 15) is 0 Å². The molecule has 0 saturated heterocycles. The van der Waals surface area contributed by atoms with Crippen LogP contribution in [0, 0.1) is 6.92 Å². The molecule has 0 saturated carbocycles. The molecule has 0 aliphatic carbocycles. The average Bonchev–Trinajstić information content (AvgIpc) is 3.24. The summed E-state index contributed by atoms with van der Waals surface area (Å²) in [6.45, 7) is 7.11. The van der Waals surface area contributed by atoms with Crippen LogP contribution in [0.4, 0.5) is 0 Å². The summed E-state index contributed by atoms with van der Waals surface area (Å²) in [5, 5.41) is 0. The molecule has 2 nitrogen and oxygen atoms in total. The molecule has 0 unspecified atom stereocenters. The molecule has 2 aromatic carbocycles. The summed E-state index contributed by atoms with van der Waals surface area (Å²) in [7, 11) is 0. The Kier molecular flexibility index (Phi) is 9.00. The third kappa shape index (κ3) is 6.48. The van der Waals surface area contributed by atoms with Gasteiger partial charge < -0.3 is 9.30 Å². The molecule has 0 atom stereocenters. The first-order chi connectivity index (χ1) is 13.2. The van der Waals surface area contributed by atoms with Crippen molar-refractivity contribution in [2.75, 3.05) is 12.5 Å². The number of nitrogens with zero attached hydrogens (tertiary/aromatic N) is 1. The molecular weight excluding hydrogens is 354 g/mol. The van der Waals surface area contributed by atoms with Gasteiger partial charge in [0.1, 0.15) is 5.75 Å². The van der Waals surface area contributed by atoms with Gasteiger partial charge in [-0.2, -0.15) is 0 Å². The standard InChI is InChI=1S/C16H20ClNO.C8H10/c1-3-14-12-15(18-8-4-5-9-18)13(2)11-16(14)19-10-6-7-17;1-2-8-6-4-3-5-7-8/h4-5,8-9,11-12H,3,6-7,10H2,1-2H3;3-7H,2H2,1H3. The zero-order valence-corrected chi connectivity index (χ0v) is 17.4. The second-order valence-electron chi connectivity index (χ2n) is 6.42. The summed E-state index contributed by atoms with van der Waals surface area (Å²) >= 11 is 5.68. The Balaban J connectivity index is 0.000000273. The first kappa shape index (κ1) is 21.1. The van der Waals surface area contributed by atoms with Crippen molar-refractivity contribution in [3.8, 4) is 11.4 Å². The molecule has 144 valence electrons. The quantitative estimate of drug-likeness (QED) is 0.331. The maximum absolute atomic E-state index is 5.83. The van der Waals surface area contributed by atoms with Crippen LogP contribution in [0.3, 0.4) is 0 Å². The summed E-state index contributed by atoms with van der Waals surface area (Å²) in [5.74, 6) is 1.63. The van der Waals surface area contributed by atoms with E-state index in [0.717, 1.165) is 25.0 Å². The van der Waals surface area contributed by atoms with E-state index in [1.54, 1.807) is 0 Å². The highest BCUT2D eigenvalue weighted by molar-refractivity contribution is 6.17. The van der Waals surface area contributed by atoms with Crippen molar-refractivity contribution in [2.24, 2.45) is 0 Å². The van der Waals surface area contributed by atoms with Crippen LogP contribution in [0.2, 0.25) is 0 Å². The van der Waals surface area contributed by atoms with E-state index in [2.05, 4.69) is 74.1 Å². The minimum absolute atomic E-state index is 0.641. The Morgan fingerprint density at radius 1 is 0.926 bits per heavy atom. The molecule has 3 heteroatoms. The smallest absolute Gasteiger partial charge is 0.122 e. The number of aryl methyl sites for hydroxylation is 3. The number of benzene rings is 2. The molecule has 0 aliphatic heterocycles. The van der Waals surface area contributed by atoms with E-state index in [-0.39, 0.29) is 0 Å². The predicted octanol–water partition coefficient (Wildman–Crippen LogP) is 6.60. The summed E-state index contributed by atoms with van der Waals surface area (Å²) in [6.07, 6.45) is 7.11. The Morgan fingerprint density at radius 3 is 2.19 bits per heavy atom. The molecular formula is C24H30ClNO. The van der Waals surface area contributed by atoms with Crippen LogP contribution < -0.4 is 4.74 Å². The van der Waals surface area contributed by atoms with Gasteiger partial charge in [0.15, 0.2) is 0 Å². The minimum Gasteiger partial charge on any atom is -0.493 e. The van der Waals surface area contributed by atoms with E-state index in [4.69, 9.17) is 16.3 Å². The Bertz CT molecular complexity index is 782. The Hall–Kier alpha value is -2.19. The van der Waals surface area contributed by atoms with Crippen LogP contribution in [0.5, 0.6) is 5.75 Å². The third-order valence-electron chi connectivity index (χ3n) is 4.43. The van der Waals surface area contributed by atoms with E-state index in [1.807, 2.05) is 18.2 Å². The van der Waals surface area contributed by atoms with Gasteiger partial charge in [0, 0.05) is 24.0 Å². The van der Waals surface area contributed by atoms with Crippen molar-refractivity contribution in [1.29, 1.82) is 0 Å². The van der Waals surface area contributed by atoms with Crippen LogP contribution in [-0.4, -0.2) is 17.1 Å². The maximum Gasteiger partial charge on any atom is 0.122 e. The summed E-state index contributed by atoms with van der Waals surface area (Å²) in [6, 6.07) is 18.9. The Labute approximate surface area is 168 Å². The zero-order valence-electron chi connectivity index (χ0n) is 16.6. The molecule has 0 aliphatic rings. The topological polar surface area (TPSA) is 14.2 Å². The monoisotopic (exact) mass is 383 g/mol. The highest BCUT2D eigenvalue weighted by Gasteiger charge is 2.08. The van der Waals surface area contributed by atoms with Gasteiger partial charge in [-0.1, -0.05) is 44.2 Å². The van der Waals surface area contributed by atoms with E-state index < -0.39 is 0 Å². The molecule has 0 N–H and O–H groups in total. The van der Waals surface area contributed by atoms with Gasteiger partial charge in [-0.15, -0.1) is 11.6 Å². The van der Waals surface area contributed by atoms with Crippen LogP contribution in [0.1, 0.15) is 37.0 Å². The van der Waals surface area contributed by atoms with Gasteiger partial charge in [-0.25, -0.2) is 0 Å². The SMILES string of the molecule is CCc1cc(-n2cccc2)c(C)cc1OCCCCl.CCc1ccccc1. The van der Waals surface area contributed by atoms with Crippen molar-refractivity contribution in [1.82, 2.24) is 4.57 Å². The Morgan fingerprint density at radius 2 is 1.63 bits per heavy atom. The first-order valence-electron chi connectivity index (χ1n) is 9.69. The average molecular weight is 384 g/mol. The number of aromatic nitrogens is 1. The lowest BCUT2D eigenvalue weighted by Crippen LogP contribution is -2.03. The van der Waals surface area contributed by atoms with Gasteiger partial charge in [-0.05, 0) is 67.1 Å². The van der Waals surface area contributed by atoms with E-state index in [0.29, 0.717) is 12.5 Å². The minimum atomic E-state index is 0.641. The van der Waals surface area contributed by atoms with Gasteiger partial charge >= 0.3 is 0 Å². The maximum atomic E-state index is 5.83. The molecule has 0 radical (unpaired) electrons. The predicted molar refractivity (Wildman–Crippen MR) is 117 cm³/mol. The molecule has 0 spiro atoms. The number of hydrogen-bond acceptors (Lipinski definition) is 1. The molecule has 1 aromatic heterocycles. The summed E-state index contributed by atoms with van der Waals surface area (Å²) in [4.78, 5) is 0. The van der Waals surface area contributed by atoms with E-state index >= 15 is 0 Å². The molecule has 3 rings (SSSR count). The zero-order chi connectivity index (χ0) is 19.5. The molecule has 1 heterocycles. The molecule has 0 bridgehead atoms. The van der Waals surface area contributed by atoms with Crippen molar-refractivity contribution < 1.29 is 4.74 Å². The second-order valence-corrected chi connectivity index (χ2v) is 6.80. The summed E-state index contributed by atoms with van der Waals surface area (Å²) < 4.78 is 7.96. The van der Waals surface area contributed by atoms with Crippen molar-refractivity contribution in [3.05, 3.63) is 83.7 Å². The highest BCUT2D eigenvalue weighted by Crippen LogP contribution is 2.26. The number of rotatable bonds is 7. The van der Waals surface area contributed by atoms with Crippen molar-refractivity contribution >= 4 is 11.6 Å². The molecule has 3 aromatic rings. The normalized spacial score (nSPS) is 10.2. The first-order valence-corrected chi connectivity index (χ1v) is 10.2.